The molecule has 3 heterocycles. The smallest absolute Gasteiger partial charge is 0.243 e. The summed E-state index contributed by atoms with van der Waals surface area (Å²) in [4.78, 5) is 4.45. The van der Waals surface area contributed by atoms with Gasteiger partial charge in [-0.1, -0.05) is 0 Å². The first-order valence-electron chi connectivity index (χ1n) is 5.61. The SMILES string of the molecule is Cc1ccn2nc(NC3CCNC3)nc2c1. The van der Waals surface area contributed by atoms with Crippen LogP contribution in [-0.4, -0.2) is 33.7 Å². The van der Waals surface area contributed by atoms with Gasteiger partial charge in [-0.15, -0.1) is 5.10 Å². The van der Waals surface area contributed by atoms with Crippen LogP contribution in [0, 0.1) is 6.92 Å². The molecule has 1 aliphatic heterocycles. The third kappa shape index (κ3) is 1.74. The van der Waals surface area contributed by atoms with E-state index in [-0.39, 0.29) is 0 Å². The largest absolute Gasteiger partial charge is 0.349 e. The van der Waals surface area contributed by atoms with E-state index < -0.39 is 0 Å². The summed E-state index contributed by atoms with van der Waals surface area (Å²) in [6.45, 7) is 4.13. The van der Waals surface area contributed by atoms with Gasteiger partial charge in [0.25, 0.3) is 0 Å². The van der Waals surface area contributed by atoms with Crippen molar-refractivity contribution in [3.8, 4) is 0 Å². The third-order valence-electron chi connectivity index (χ3n) is 2.89. The minimum Gasteiger partial charge on any atom is -0.349 e. The lowest BCUT2D eigenvalue weighted by Crippen LogP contribution is -2.22. The molecule has 2 aromatic rings. The number of pyridine rings is 1. The number of nitrogens with zero attached hydrogens (tertiary/aromatic N) is 3. The summed E-state index contributed by atoms with van der Waals surface area (Å²) >= 11 is 0. The van der Waals surface area contributed by atoms with Crippen molar-refractivity contribution < 1.29 is 0 Å². The Balaban J connectivity index is 1.86. The van der Waals surface area contributed by atoms with Crippen molar-refractivity contribution >= 4 is 11.6 Å². The second-order valence-electron chi connectivity index (χ2n) is 4.28. The van der Waals surface area contributed by atoms with Crippen LogP contribution in [0.1, 0.15) is 12.0 Å². The highest BCUT2D eigenvalue weighted by molar-refractivity contribution is 5.45. The van der Waals surface area contributed by atoms with E-state index in [0.717, 1.165) is 31.1 Å². The Labute approximate surface area is 93.9 Å². The summed E-state index contributed by atoms with van der Waals surface area (Å²) in [5, 5.41) is 11.0. The predicted molar refractivity (Wildman–Crippen MR) is 62.6 cm³/mol. The summed E-state index contributed by atoms with van der Waals surface area (Å²) < 4.78 is 1.80. The molecule has 2 aromatic heterocycles. The molecule has 0 aromatic carbocycles. The van der Waals surface area contributed by atoms with Gasteiger partial charge in [0.2, 0.25) is 5.95 Å². The maximum atomic E-state index is 4.45. The average Bonchev–Trinajstić information content (AvgIpc) is 2.86. The summed E-state index contributed by atoms with van der Waals surface area (Å²) in [6, 6.07) is 4.52. The van der Waals surface area contributed by atoms with Crippen molar-refractivity contribution in [3.63, 3.8) is 0 Å². The van der Waals surface area contributed by atoms with Gasteiger partial charge in [-0.25, -0.2) is 4.52 Å². The zero-order chi connectivity index (χ0) is 11.0. The van der Waals surface area contributed by atoms with Crippen LogP contribution in [0.2, 0.25) is 0 Å². The molecule has 1 saturated heterocycles. The lowest BCUT2D eigenvalue weighted by Gasteiger charge is -2.07. The molecule has 5 heteroatoms. The number of hydrogen-bond donors (Lipinski definition) is 2. The summed E-state index contributed by atoms with van der Waals surface area (Å²) in [5.41, 5.74) is 2.10. The van der Waals surface area contributed by atoms with Gasteiger partial charge in [-0.05, 0) is 37.6 Å². The van der Waals surface area contributed by atoms with Gasteiger partial charge in [0.15, 0.2) is 5.65 Å². The molecule has 16 heavy (non-hydrogen) atoms. The second-order valence-corrected chi connectivity index (χ2v) is 4.28. The highest BCUT2D eigenvalue weighted by Crippen LogP contribution is 2.10. The number of aromatic nitrogens is 3. The van der Waals surface area contributed by atoms with Crippen LogP contribution < -0.4 is 10.6 Å². The van der Waals surface area contributed by atoms with E-state index in [0.29, 0.717) is 6.04 Å². The molecule has 0 spiro atoms. The van der Waals surface area contributed by atoms with Crippen LogP contribution in [0.15, 0.2) is 18.3 Å². The van der Waals surface area contributed by atoms with Gasteiger partial charge in [0, 0.05) is 18.8 Å². The van der Waals surface area contributed by atoms with Gasteiger partial charge >= 0.3 is 0 Å². The number of rotatable bonds is 2. The fourth-order valence-corrected chi connectivity index (χ4v) is 2.00. The van der Waals surface area contributed by atoms with E-state index in [9.17, 15) is 0 Å². The van der Waals surface area contributed by atoms with Crippen LogP contribution in [-0.2, 0) is 0 Å². The van der Waals surface area contributed by atoms with Gasteiger partial charge in [-0.2, -0.15) is 4.98 Å². The Morgan fingerprint density at radius 3 is 3.31 bits per heavy atom. The highest BCUT2D eigenvalue weighted by Gasteiger charge is 2.15. The molecule has 3 rings (SSSR count). The maximum Gasteiger partial charge on any atom is 0.243 e. The standard InChI is InChI=1S/C11H15N5/c1-8-3-5-16-10(6-8)14-11(15-16)13-9-2-4-12-7-9/h3,5-6,9,12H,2,4,7H2,1H3,(H,13,15). The molecule has 2 N–H and O–H groups in total. The minimum absolute atomic E-state index is 0.457. The molecule has 0 radical (unpaired) electrons. The number of nitrogens with one attached hydrogen (secondary N) is 2. The Hall–Kier alpha value is -1.62. The van der Waals surface area contributed by atoms with E-state index in [1.165, 1.54) is 5.56 Å². The van der Waals surface area contributed by atoms with Crippen molar-refractivity contribution in [3.05, 3.63) is 23.9 Å². The Morgan fingerprint density at radius 2 is 2.50 bits per heavy atom. The molecular formula is C11H15N5. The number of fused-ring (bicyclic) bond motifs is 1. The third-order valence-corrected chi connectivity index (χ3v) is 2.89. The van der Waals surface area contributed by atoms with Gasteiger partial charge < -0.3 is 10.6 Å². The van der Waals surface area contributed by atoms with E-state index >= 15 is 0 Å². The van der Waals surface area contributed by atoms with Crippen molar-refractivity contribution in [1.29, 1.82) is 0 Å². The van der Waals surface area contributed by atoms with E-state index in [2.05, 4.69) is 27.6 Å². The normalized spacial score (nSPS) is 20.4. The summed E-state index contributed by atoms with van der Waals surface area (Å²) in [5.74, 6) is 0.722. The topological polar surface area (TPSA) is 54.2 Å². The van der Waals surface area contributed by atoms with Crippen molar-refractivity contribution in [1.82, 2.24) is 19.9 Å². The molecule has 1 aliphatic rings. The van der Waals surface area contributed by atoms with Crippen molar-refractivity contribution in [2.75, 3.05) is 18.4 Å². The van der Waals surface area contributed by atoms with E-state index in [4.69, 9.17) is 0 Å². The summed E-state index contributed by atoms with van der Waals surface area (Å²) in [7, 11) is 0. The fourth-order valence-electron chi connectivity index (χ4n) is 2.00. The fraction of sp³-hybridized carbons (Fsp3) is 0.455. The molecule has 0 aliphatic carbocycles. The minimum atomic E-state index is 0.457. The molecule has 0 bridgehead atoms. The average molecular weight is 217 g/mol. The number of anilines is 1. The van der Waals surface area contributed by atoms with Gasteiger partial charge in [-0.3, -0.25) is 0 Å². The van der Waals surface area contributed by atoms with Crippen LogP contribution in [0.25, 0.3) is 5.65 Å². The molecular weight excluding hydrogens is 202 g/mol. The van der Waals surface area contributed by atoms with Crippen LogP contribution in [0.5, 0.6) is 0 Å². The lowest BCUT2D eigenvalue weighted by molar-refractivity contribution is 0.778. The highest BCUT2D eigenvalue weighted by atomic mass is 15.3. The Kier molecular flexibility index (Phi) is 2.25. The first-order valence-corrected chi connectivity index (χ1v) is 5.61. The molecule has 1 atom stereocenters. The monoisotopic (exact) mass is 217 g/mol. The van der Waals surface area contributed by atoms with E-state index in [1.54, 1.807) is 4.52 Å². The second kappa shape index (κ2) is 3.75. The van der Waals surface area contributed by atoms with Crippen LogP contribution in [0.4, 0.5) is 5.95 Å². The van der Waals surface area contributed by atoms with Crippen molar-refractivity contribution in [2.24, 2.45) is 0 Å². The molecule has 1 fully saturated rings. The summed E-state index contributed by atoms with van der Waals surface area (Å²) in [6.07, 6.45) is 3.07. The maximum absolute atomic E-state index is 4.45. The van der Waals surface area contributed by atoms with Crippen molar-refractivity contribution in [2.45, 2.75) is 19.4 Å². The van der Waals surface area contributed by atoms with Gasteiger partial charge in [0.05, 0.1) is 0 Å². The van der Waals surface area contributed by atoms with Gasteiger partial charge in [0.1, 0.15) is 0 Å². The molecule has 0 amide bonds. The van der Waals surface area contributed by atoms with Crippen LogP contribution >= 0.6 is 0 Å². The van der Waals surface area contributed by atoms with E-state index in [1.807, 2.05) is 18.3 Å². The Morgan fingerprint density at radius 1 is 1.56 bits per heavy atom. The molecule has 5 nitrogen and oxygen atoms in total. The lowest BCUT2D eigenvalue weighted by atomic mass is 10.3. The predicted octanol–water partition coefficient (Wildman–Crippen LogP) is 0.812. The molecule has 1 unspecified atom stereocenters. The van der Waals surface area contributed by atoms with Crippen LogP contribution in [0.3, 0.4) is 0 Å². The number of hydrogen-bond acceptors (Lipinski definition) is 4. The first-order chi connectivity index (χ1) is 7.81. The quantitative estimate of drug-likeness (QED) is 0.781. The Bertz CT molecular complexity index is 498. The molecule has 84 valence electrons. The number of aryl methyl sites for hydroxylation is 1. The zero-order valence-electron chi connectivity index (χ0n) is 9.27. The molecule has 0 saturated carbocycles. The first kappa shape index (κ1) is 9.59. The zero-order valence-corrected chi connectivity index (χ0v) is 9.27.